The Morgan fingerprint density at radius 2 is 1.90 bits per heavy atom. The summed E-state index contributed by atoms with van der Waals surface area (Å²) in [7, 11) is 0. The second-order valence-corrected chi connectivity index (χ2v) is 6.18. The number of rotatable bonds is 5. The third-order valence-electron chi connectivity index (χ3n) is 4.82. The summed E-state index contributed by atoms with van der Waals surface area (Å²) in [6.45, 7) is 11.7. The molecule has 0 spiro atoms. The molecule has 2 aliphatic heterocycles. The van der Waals surface area contributed by atoms with Crippen LogP contribution in [0.5, 0.6) is 0 Å². The van der Waals surface area contributed by atoms with Gasteiger partial charge in [-0.1, -0.05) is 6.92 Å². The molecule has 2 heterocycles. The lowest BCUT2D eigenvalue weighted by molar-refractivity contribution is -0.162. The van der Waals surface area contributed by atoms with Crippen LogP contribution in [0.1, 0.15) is 39.5 Å². The van der Waals surface area contributed by atoms with Crippen molar-refractivity contribution in [2.45, 2.75) is 45.1 Å². The Hall–Kier alpha value is -0.650. The summed E-state index contributed by atoms with van der Waals surface area (Å²) in [6.07, 6.45) is 4.11. The molecule has 122 valence electrons. The Labute approximate surface area is 129 Å². The van der Waals surface area contributed by atoms with Crippen LogP contribution in [0.15, 0.2) is 0 Å². The molecule has 0 aromatic rings. The van der Waals surface area contributed by atoms with Gasteiger partial charge < -0.3 is 15.0 Å². The number of ether oxygens (including phenoxy) is 1. The van der Waals surface area contributed by atoms with Crippen molar-refractivity contribution < 1.29 is 9.53 Å². The normalized spacial score (nSPS) is 24.5. The Kier molecular flexibility index (Phi) is 6.45. The summed E-state index contributed by atoms with van der Waals surface area (Å²) in [4.78, 5) is 17.6. The number of likely N-dealkylation sites (tertiary alicyclic amines) is 1. The summed E-state index contributed by atoms with van der Waals surface area (Å²) in [6, 6.07) is 0. The van der Waals surface area contributed by atoms with Gasteiger partial charge in [-0.2, -0.15) is 0 Å². The fraction of sp³-hybridized carbons (Fsp3) is 0.938. The molecule has 0 bridgehead atoms. The average Bonchev–Trinajstić information content (AvgIpc) is 2.78. The Bertz CT molecular complexity index is 319. The second kappa shape index (κ2) is 8.11. The zero-order chi connectivity index (χ0) is 15.1. The third kappa shape index (κ3) is 3.96. The molecule has 0 radical (unpaired) electrons. The topological polar surface area (TPSA) is 44.8 Å². The molecule has 0 atom stereocenters. The van der Waals surface area contributed by atoms with Crippen molar-refractivity contribution in [2.75, 3.05) is 52.4 Å². The van der Waals surface area contributed by atoms with Crippen molar-refractivity contribution in [2.24, 2.45) is 0 Å². The zero-order valence-electron chi connectivity index (χ0n) is 13.7. The smallest absolute Gasteiger partial charge is 0.326 e. The summed E-state index contributed by atoms with van der Waals surface area (Å²) < 4.78 is 5.45. The standard InChI is InChI=1S/C16H31N3O2/c1-3-10-18-12-6-16(7-13-18,15(20)21-4-2)19-11-5-8-17-9-14-19/h17H,3-14H2,1-2H3. The van der Waals surface area contributed by atoms with E-state index in [4.69, 9.17) is 4.74 Å². The minimum absolute atomic E-state index is 0.00282. The summed E-state index contributed by atoms with van der Waals surface area (Å²) in [5.41, 5.74) is -0.383. The first kappa shape index (κ1) is 16.7. The van der Waals surface area contributed by atoms with Crippen molar-refractivity contribution in [3.63, 3.8) is 0 Å². The fourth-order valence-corrected chi connectivity index (χ4v) is 3.65. The quantitative estimate of drug-likeness (QED) is 0.770. The van der Waals surface area contributed by atoms with E-state index >= 15 is 0 Å². The van der Waals surface area contributed by atoms with Gasteiger partial charge in [0.2, 0.25) is 0 Å². The molecular weight excluding hydrogens is 266 g/mol. The molecule has 0 amide bonds. The van der Waals surface area contributed by atoms with Gasteiger partial charge in [0, 0.05) is 32.7 Å². The van der Waals surface area contributed by atoms with E-state index in [1.165, 1.54) is 6.42 Å². The van der Waals surface area contributed by atoms with Crippen molar-refractivity contribution in [3.8, 4) is 0 Å². The van der Waals surface area contributed by atoms with Gasteiger partial charge in [-0.15, -0.1) is 0 Å². The number of esters is 1. The zero-order valence-corrected chi connectivity index (χ0v) is 13.7. The highest BCUT2D eigenvalue weighted by molar-refractivity contribution is 5.81. The van der Waals surface area contributed by atoms with Crippen molar-refractivity contribution in [1.82, 2.24) is 15.1 Å². The number of carbonyl (C=O) groups excluding carboxylic acids is 1. The number of piperidine rings is 1. The molecule has 2 saturated heterocycles. The molecule has 5 nitrogen and oxygen atoms in total. The van der Waals surface area contributed by atoms with E-state index in [9.17, 15) is 4.79 Å². The van der Waals surface area contributed by atoms with E-state index in [0.717, 1.165) is 65.1 Å². The highest BCUT2D eigenvalue weighted by Gasteiger charge is 2.47. The van der Waals surface area contributed by atoms with Gasteiger partial charge in [0.25, 0.3) is 0 Å². The van der Waals surface area contributed by atoms with E-state index in [1.807, 2.05) is 6.92 Å². The van der Waals surface area contributed by atoms with Crippen LogP contribution in [0.4, 0.5) is 0 Å². The van der Waals surface area contributed by atoms with E-state index in [2.05, 4.69) is 22.0 Å². The molecule has 0 unspecified atom stereocenters. The van der Waals surface area contributed by atoms with E-state index in [1.54, 1.807) is 0 Å². The van der Waals surface area contributed by atoms with Crippen molar-refractivity contribution in [3.05, 3.63) is 0 Å². The fourth-order valence-electron chi connectivity index (χ4n) is 3.65. The van der Waals surface area contributed by atoms with Crippen LogP contribution in [0.3, 0.4) is 0 Å². The molecule has 2 aliphatic rings. The van der Waals surface area contributed by atoms with Crippen LogP contribution in [0.2, 0.25) is 0 Å². The maximum Gasteiger partial charge on any atom is 0.326 e. The molecular formula is C16H31N3O2. The average molecular weight is 297 g/mol. The van der Waals surface area contributed by atoms with Crippen LogP contribution in [0, 0.1) is 0 Å². The maximum atomic E-state index is 12.7. The summed E-state index contributed by atoms with van der Waals surface area (Å²) >= 11 is 0. The highest BCUT2D eigenvalue weighted by atomic mass is 16.5. The molecule has 1 N–H and O–H groups in total. The van der Waals surface area contributed by atoms with E-state index < -0.39 is 0 Å². The number of carbonyl (C=O) groups is 1. The second-order valence-electron chi connectivity index (χ2n) is 6.18. The molecule has 0 aromatic carbocycles. The monoisotopic (exact) mass is 297 g/mol. The Morgan fingerprint density at radius 3 is 2.57 bits per heavy atom. The number of hydrogen-bond donors (Lipinski definition) is 1. The van der Waals surface area contributed by atoms with Gasteiger partial charge in [0.1, 0.15) is 5.54 Å². The molecule has 5 heteroatoms. The lowest BCUT2D eigenvalue weighted by Gasteiger charge is -2.46. The van der Waals surface area contributed by atoms with Crippen molar-refractivity contribution in [1.29, 1.82) is 0 Å². The Balaban J connectivity index is 2.09. The lowest BCUT2D eigenvalue weighted by atomic mass is 9.85. The SMILES string of the molecule is CCCN1CCC(C(=O)OCC)(N2CCCNCC2)CC1. The first-order chi connectivity index (χ1) is 10.2. The third-order valence-corrected chi connectivity index (χ3v) is 4.82. The molecule has 0 saturated carbocycles. The predicted octanol–water partition coefficient (Wildman–Crippen LogP) is 1.09. The van der Waals surface area contributed by atoms with Crippen molar-refractivity contribution >= 4 is 5.97 Å². The van der Waals surface area contributed by atoms with Gasteiger partial charge >= 0.3 is 5.97 Å². The minimum atomic E-state index is -0.383. The van der Waals surface area contributed by atoms with Gasteiger partial charge in [0.05, 0.1) is 6.61 Å². The van der Waals surface area contributed by atoms with Gasteiger partial charge in [0.15, 0.2) is 0 Å². The molecule has 0 aliphatic carbocycles. The van der Waals surface area contributed by atoms with Gasteiger partial charge in [-0.05, 0) is 45.7 Å². The number of nitrogens with one attached hydrogen (secondary N) is 1. The van der Waals surface area contributed by atoms with Crippen LogP contribution in [-0.4, -0.2) is 73.7 Å². The minimum Gasteiger partial charge on any atom is -0.465 e. The summed E-state index contributed by atoms with van der Waals surface area (Å²) in [5.74, 6) is 0.00282. The largest absolute Gasteiger partial charge is 0.465 e. The molecule has 0 aromatic heterocycles. The van der Waals surface area contributed by atoms with Crippen LogP contribution >= 0.6 is 0 Å². The summed E-state index contributed by atoms with van der Waals surface area (Å²) in [5, 5.41) is 3.43. The van der Waals surface area contributed by atoms with Gasteiger partial charge in [-0.25, -0.2) is 0 Å². The van der Waals surface area contributed by atoms with Crippen LogP contribution < -0.4 is 5.32 Å². The maximum absolute atomic E-state index is 12.7. The Morgan fingerprint density at radius 1 is 1.14 bits per heavy atom. The first-order valence-corrected chi connectivity index (χ1v) is 8.58. The number of hydrogen-bond acceptors (Lipinski definition) is 5. The predicted molar refractivity (Wildman–Crippen MR) is 84.4 cm³/mol. The van der Waals surface area contributed by atoms with E-state index in [0.29, 0.717) is 6.61 Å². The molecule has 21 heavy (non-hydrogen) atoms. The first-order valence-electron chi connectivity index (χ1n) is 8.58. The lowest BCUT2D eigenvalue weighted by Crippen LogP contribution is -2.61. The number of nitrogens with zero attached hydrogens (tertiary/aromatic N) is 2. The molecule has 2 rings (SSSR count). The van der Waals surface area contributed by atoms with Gasteiger partial charge in [-0.3, -0.25) is 9.69 Å². The van der Waals surface area contributed by atoms with Crippen LogP contribution in [0.25, 0.3) is 0 Å². The molecule has 2 fully saturated rings. The highest BCUT2D eigenvalue weighted by Crippen LogP contribution is 2.31. The van der Waals surface area contributed by atoms with E-state index in [-0.39, 0.29) is 11.5 Å². The van der Waals surface area contributed by atoms with Crippen LogP contribution in [-0.2, 0) is 9.53 Å².